The smallest absolute Gasteiger partial charge is 0.197 e. The van der Waals surface area contributed by atoms with E-state index in [1.165, 1.54) is 0 Å². The summed E-state index contributed by atoms with van der Waals surface area (Å²) in [5, 5.41) is 3.32. The molecule has 2 aromatic heterocycles. The van der Waals surface area contributed by atoms with Crippen molar-refractivity contribution < 1.29 is 4.42 Å². The lowest BCUT2D eigenvalue weighted by molar-refractivity contribution is 0.573. The fourth-order valence-corrected chi connectivity index (χ4v) is 1.94. The standard InChI is InChI=1S/C12H14N4O/c1-2-10(17-9-1)12-14-4-3-11(15-12)16-7-5-13-6-8-16/h1-4,9,13H,5-8H2. The summed E-state index contributed by atoms with van der Waals surface area (Å²) in [4.78, 5) is 11.0. The maximum atomic E-state index is 5.31. The highest BCUT2D eigenvalue weighted by Crippen LogP contribution is 2.18. The number of aromatic nitrogens is 2. The number of hydrogen-bond donors (Lipinski definition) is 1. The van der Waals surface area contributed by atoms with Crippen molar-refractivity contribution in [2.75, 3.05) is 31.1 Å². The highest BCUT2D eigenvalue weighted by Gasteiger charge is 2.13. The van der Waals surface area contributed by atoms with Crippen molar-refractivity contribution in [1.82, 2.24) is 15.3 Å². The van der Waals surface area contributed by atoms with Gasteiger partial charge in [-0.15, -0.1) is 0 Å². The number of hydrogen-bond acceptors (Lipinski definition) is 5. The number of anilines is 1. The van der Waals surface area contributed by atoms with Crippen LogP contribution in [-0.4, -0.2) is 36.1 Å². The Morgan fingerprint density at radius 1 is 1.24 bits per heavy atom. The summed E-state index contributed by atoms with van der Waals surface area (Å²) < 4.78 is 5.31. The molecule has 88 valence electrons. The predicted octanol–water partition coefficient (Wildman–Crippen LogP) is 1.15. The Morgan fingerprint density at radius 2 is 2.12 bits per heavy atom. The molecule has 5 nitrogen and oxygen atoms in total. The summed E-state index contributed by atoms with van der Waals surface area (Å²) in [6.45, 7) is 3.96. The lowest BCUT2D eigenvalue weighted by Gasteiger charge is -2.28. The topological polar surface area (TPSA) is 54.2 Å². The van der Waals surface area contributed by atoms with Crippen molar-refractivity contribution in [2.45, 2.75) is 0 Å². The van der Waals surface area contributed by atoms with Crippen molar-refractivity contribution in [3.63, 3.8) is 0 Å². The molecule has 3 heterocycles. The van der Waals surface area contributed by atoms with Crippen LogP contribution in [0.25, 0.3) is 11.6 Å². The van der Waals surface area contributed by atoms with Crippen LogP contribution in [0.15, 0.2) is 35.1 Å². The molecule has 0 radical (unpaired) electrons. The quantitative estimate of drug-likeness (QED) is 0.838. The molecule has 1 aliphatic heterocycles. The SMILES string of the molecule is c1coc(-c2nccc(N3CCNCC3)n2)c1. The summed E-state index contributed by atoms with van der Waals surface area (Å²) in [6.07, 6.45) is 3.42. The van der Waals surface area contributed by atoms with Gasteiger partial charge in [-0.2, -0.15) is 0 Å². The van der Waals surface area contributed by atoms with Crippen LogP contribution in [0, 0.1) is 0 Å². The molecule has 0 spiro atoms. The normalized spacial score (nSPS) is 16.1. The van der Waals surface area contributed by atoms with Gasteiger partial charge in [-0.25, -0.2) is 9.97 Å². The minimum absolute atomic E-state index is 0.644. The summed E-state index contributed by atoms with van der Waals surface area (Å²) in [6, 6.07) is 5.66. The van der Waals surface area contributed by atoms with E-state index < -0.39 is 0 Å². The van der Waals surface area contributed by atoms with Crippen LogP contribution in [0.2, 0.25) is 0 Å². The predicted molar refractivity (Wildman–Crippen MR) is 64.8 cm³/mol. The van der Waals surface area contributed by atoms with E-state index >= 15 is 0 Å². The van der Waals surface area contributed by atoms with Gasteiger partial charge in [-0.3, -0.25) is 0 Å². The lowest BCUT2D eigenvalue weighted by atomic mass is 10.3. The van der Waals surface area contributed by atoms with Crippen molar-refractivity contribution in [2.24, 2.45) is 0 Å². The average molecular weight is 230 g/mol. The van der Waals surface area contributed by atoms with Gasteiger partial charge in [0.15, 0.2) is 11.6 Å². The first-order chi connectivity index (χ1) is 8.43. The second-order valence-electron chi connectivity index (χ2n) is 3.95. The van der Waals surface area contributed by atoms with E-state index in [0.717, 1.165) is 32.0 Å². The summed E-state index contributed by atoms with van der Waals surface area (Å²) in [7, 11) is 0. The number of piperazine rings is 1. The monoisotopic (exact) mass is 230 g/mol. The Bertz CT molecular complexity index is 477. The van der Waals surface area contributed by atoms with Gasteiger partial charge in [0, 0.05) is 32.4 Å². The average Bonchev–Trinajstić information content (AvgIpc) is 2.94. The Balaban J connectivity index is 1.88. The Kier molecular flexibility index (Phi) is 2.75. The van der Waals surface area contributed by atoms with Gasteiger partial charge in [0.1, 0.15) is 5.82 Å². The molecule has 0 atom stereocenters. The Hall–Kier alpha value is -1.88. The second-order valence-corrected chi connectivity index (χ2v) is 3.95. The number of nitrogens with one attached hydrogen (secondary N) is 1. The molecule has 5 heteroatoms. The molecule has 0 unspecified atom stereocenters. The van der Waals surface area contributed by atoms with Gasteiger partial charge < -0.3 is 14.6 Å². The van der Waals surface area contributed by atoms with Crippen molar-refractivity contribution in [1.29, 1.82) is 0 Å². The molecule has 2 aromatic rings. The Morgan fingerprint density at radius 3 is 2.88 bits per heavy atom. The zero-order valence-electron chi connectivity index (χ0n) is 9.47. The van der Waals surface area contributed by atoms with Gasteiger partial charge in [0.2, 0.25) is 0 Å². The fraction of sp³-hybridized carbons (Fsp3) is 0.333. The van der Waals surface area contributed by atoms with Gasteiger partial charge in [0.25, 0.3) is 0 Å². The molecule has 0 amide bonds. The third-order valence-electron chi connectivity index (χ3n) is 2.82. The molecule has 1 N–H and O–H groups in total. The third kappa shape index (κ3) is 2.14. The summed E-state index contributed by atoms with van der Waals surface area (Å²) in [5.41, 5.74) is 0. The third-order valence-corrected chi connectivity index (χ3v) is 2.82. The molecule has 1 saturated heterocycles. The van der Waals surface area contributed by atoms with Crippen LogP contribution in [0.4, 0.5) is 5.82 Å². The van der Waals surface area contributed by atoms with Crippen LogP contribution >= 0.6 is 0 Å². The van der Waals surface area contributed by atoms with Crippen molar-refractivity contribution >= 4 is 5.82 Å². The molecule has 0 bridgehead atoms. The molecule has 17 heavy (non-hydrogen) atoms. The van der Waals surface area contributed by atoms with Crippen LogP contribution in [0.3, 0.4) is 0 Å². The van der Waals surface area contributed by atoms with Crippen LogP contribution < -0.4 is 10.2 Å². The molecule has 0 aliphatic carbocycles. The number of nitrogens with zero attached hydrogens (tertiary/aromatic N) is 3. The van der Waals surface area contributed by atoms with E-state index in [1.807, 2.05) is 18.2 Å². The fourth-order valence-electron chi connectivity index (χ4n) is 1.94. The maximum Gasteiger partial charge on any atom is 0.197 e. The summed E-state index contributed by atoms with van der Waals surface area (Å²) in [5.74, 6) is 2.32. The number of rotatable bonds is 2. The highest BCUT2D eigenvalue weighted by atomic mass is 16.3. The van der Waals surface area contributed by atoms with Gasteiger partial charge in [-0.1, -0.05) is 0 Å². The molecule has 0 saturated carbocycles. The largest absolute Gasteiger partial charge is 0.461 e. The van der Waals surface area contributed by atoms with E-state index in [9.17, 15) is 0 Å². The highest BCUT2D eigenvalue weighted by molar-refractivity contribution is 5.51. The zero-order valence-corrected chi connectivity index (χ0v) is 9.47. The van der Waals surface area contributed by atoms with Crippen molar-refractivity contribution in [3.8, 4) is 11.6 Å². The minimum atomic E-state index is 0.644. The maximum absolute atomic E-state index is 5.31. The molecule has 1 aliphatic rings. The first-order valence-corrected chi connectivity index (χ1v) is 5.76. The number of furan rings is 1. The molecule has 3 rings (SSSR count). The van der Waals surface area contributed by atoms with Gasteiger partial charge >= 0.3 is 0 Å². The van der Waals surface area contributed by atoms with E-state index in [1.54, 1.807) is 12.5 Å². The van der Waals surface area contributed by atoms with E-state index in [2.05, 4.69) is 20.2 Å². The lowest BCUT2D eigenvalue weighted by Crippen LogP contribution is -2.43. The minimum Gasteiger partial charge on any atom is -0.461 e. The first kappa shape index (κ1) is 10.3. The van der Waals surface area contributed by atoms with Gasteiger partial charge in [0.05, 0.1) is 6.26 Å². The van der Waals surface area contributed by atoms with Gasteiger partial charge in [-0.05, 0) is 18.2 Å². The van der Waals surface area contributed by atoms with Crippen LogP contribution in [0.5, 0.6) is 0 Å². The summed E-state index contributed by atoms with van der Waals surface area (Å²) >= 11 is 0. The van der Waals surface area contributed by atoms with Crippen LogP contribution in [-0.2, 0) is 0 Å². The van der Waals surface area contributed by atoms with E-state index in [0.29, 0.717) is 11.6 Å². The first-order valence-electron chi connectivity index (χ1n) is 5.76. The Labute approximate surface area is 99.5 Å². The van der Waals surface area contributed by atoms with E-state index in [4.69, 9.17) is 4.42 Å². The van der Waals surface area contributed by atoms with Crippen molar-refractivity contribution in [3.05, 3.63) is 30.7 Å². The molecular weight excluding hydrogens is 216 g/mol. The zero-order chi connectivity index (χ0) is 11.5. The van der Waals surface area contributed by atoms with E-state index in [-0.39, 0.29) is 0 Å². The second kappa shape index (κ2) is 4.55. The molecule has 0 aromatic carbocycles. The molecular formula is C12H14N4O. The molecule has 1 fully saturated rings. The van der Waals surface area contributed by atoms with Crippen LogP contribution in [0.1, 0.15) is 0 Å².